The van der Waals surface area contributed by atoms with Crippen LogP contribution in [0.2, 0.25) is 0 Å². The fraction of sp³-hybridized carbons (Fsp3) is 0.143. The van der Waals surface area contributed by atoms with Gasteiger partial charge in [-0.05, 0) is 55.5 Å². The zero-order valence-corrected chi connectivity index (χ0v) is 18.0. The first-order chi connectivity index (χ1) is 14.8. The van der Waals surface area contributed by atoms with Gasteiger partial charge in [-0.2, -0.15) is 0 Å². The predicted octanol–water partition coefficient (Wildman–Crippen LogP) is 2.38. The lowest BCUT2D eigenvalue weighted by molar-refractivity contribution is -0.123. The second-order valence-corrected chi connectivity index (χ2v) is 7.24. The minimum absolute atomic E-state index is 0.236. The summed E-state index contributed by atoms with van der Waals surface area (Å²) in [4.78, 5) is 49.7. The maximum Gasteiger partial charge on any atom is 0.335 e. The lowest BCUT2D eigenvalue weighted by Crippen LogP contribution is -2.54. The lowest BCUT2D eigenvalue weighted by atomic mass is 10.1. The molecule has 0 aliphatic carbocycles. The van der Waals surface area contributed by atoms with Gasteiger partial charge in [0, 0.05) is 10.0 Å². The van der Waals surface area contributed by atoms with Crippen molar-refractivity contribution in [2.45, 2.75) is 6.92 Å². The molecule has 0 saturated carbocycles. The van der Waals surface area contributed by atoms with Crippen LogP contribution in [-0.4, -0.2) is 37.0 Å². The molecule has 0 spiro atoms. The average molecular weight is 488 g/mol. The molecule has 1 aliphatic rings. The van der Waals surface area contributed by atoms with E-state index in [1.54, 1.807) is 30.3 Å². The zero-order valence-electron chi connectivity index (χ0n) is 16.4. The quantitative estimate of drug-likeness (QED) is 0.455. The van der Waals surface area contributed by atoms with E-state index >= 15 is 0 Å². The number of ether oxygens (including phenoxy) is 2. The van der Waals surface area contributed by atoms with Gasteiger partial charge in [0.25, 0.3) is 17.7 Å². The summed E-state index contributed by atoms with van der Waals surface area (Å²) in [7, 11) is 0. The molecule has 1 fully saturated rings. The Bertz CT molecular complexity index is 1080. The van der Waals surface area contributed by atoms with Crippen LogP contribution in [0.4, 0.5) is 10.5 Å². The number of hydrogen-bond acceptors (Lipinski definition) is 6. The van der Waals surface area contributed by atoms with E-state index in [9.17, 15) is 19.2 Å². The van der Waals surface area contributed by atoms with Crippen LogP contribution in [0.15, 0.2) is 52.5 Å². The molecule has 0 bridgehead atoms. The molecule has 0 unspecified atom stereocenters. The van der Waals surface area contributed by atoms with E-state index in [1.807, 2.05) is 6.92 Å². The number of urea groups is 1. The van der Waals surface area contributed by atoms with Crippen LogP contribution in [0.1, 0.15) is 12.5 Å². The van der Waals surface area contributed by atoms with Crippen LogP contribution in [-0.2, 0) is 14.4 Å². The summed E-state index contributed by atoms with van der Waals surface area (Å²) >= 11 is 3.31. The van der Waals surface area contributed by atoms with Crippen LogP contribution >= 0.6 is 15.9 Å². The summed E-state index contributed by atoms with van der Waals surface area (Å²) in [6.07, 6.45) is 1.28. The molecule has 160 valence electrons. The highest BCUT2D eigenvalue weighted by Crippen LogP contribution is 2.28. The van der Waals surface area contributed by atoms with Crippen LogP contribution < -0.4 is 25.4 Å². The Balaban J connectivity index is 1.97. The number of nitrogens with two attached hydrogens (primary N) is 1. The first-order valence-electron chi connectivity index (χ1n) is 9.15. The number of barbiturate groups is 1. The first kappa shape index (κ1) is 22.0. The van der Waals surface area contributed by atoms with Crippen LogP contribution in [0.3, 0.4) is 0 Å². The third-order valence-corrected chi connectivity index (χ3v) is 4.64. The summed E-state index contributed by atoms with van der Waals surface area (Å²) in [5.74, 6) is -1.52. The third-order valence-electron chi connectivity index (χ3n) is 4.15. The molecule has 0 radical (unpaired) electrons. The van der Waals surface area contributed by atoms with Gasteiger partial charge in [0.1, 0.15) is 17.1 Å². The van der Waals surface area contributed by atoms with Gasteiger partial charge in [-0.25, -0.2) is 9.69 Å². The topological polar surface area (TPSA) is 128 Å². The summed E-state index contributed by atoms with van der Waals surface area (Å²) in [5.41, 5.74) is 5.44. The number of nitrogens with one attached hydrogen (secondary N) is 1. The van der Waals surface area contributed by atoms with Crippen molar-refractivity contribution in [3.05, 3.63) is 58.1 Å². The molecule has 1 aliphatic heterocycles. The molecule has 31 heavy (non-hydrogen) atoms. The SMILES string of the molecule is CCOc1ccc(N2C(=O)NC(=O)/C(=C\c3cc(Br)ccc3OCC(N)=O)C2=O)cc1. The number of halogens is 1. The molecule has 9 nitrogen and oxygen atoms in total. The van der Waals surface area contributed by atoms with Crippen molar-refractivity contribution in [1.82, 2.24) is 5.32 Å². The number of anilines is 1. The van der Waals surface area contributed by atoms with Gasteiger partial charge in [-0.1, -0.05) is 15.9 Å². The monoisotopic (exact) mass is 487 g/mol. The number of nitrogens with zero attached hydrogens (tertiary/aromatic N) is 1. The second-order valence-electron chi connectivity index (χ2n) is 6.32. The predicted molar refractivity (Wildman–Crippen MR) is 115 cm³/mol. The number of imide groups is 2. The molecular weight excluding hydrogens is 470 g/mol. The van der Waals surface area contributed by atoms with Gasteiger partial charge in [0.05, 0.1) is 12.3 Å². The molecule has 2 aromatic carbocycles. The van der Waals surface area contributed by atoms with Crippen molar-refractivity contribution < 1.29 is 28.7 Å². The average Bonchev–Trinajstić information content (AvgIpc) is 2.71. The molecule has 2 aromatic rings. The Kier molecular flexibility index (Phi) is 6.71. The minimum atomic E-state index is -0.865. The van der Waals surface area contributed by atoms with Gasteiger partial charge in [-0.3, -0.25) is 19.7 Å². The van der Waals surface area contributed by atoms with Gasteiger partial charge in [0.2, 0.25) is 0 Å². The Morgan fingerprint density at radius 1 is 1.13 bits per heavy atom. The Morgan fingerprint density at radius 2 is 1.84 bits per heavy atom. The van der Waals surface area contributed by atoms with Crippen molar-refractivity contribution in [1.29, 1.82) is 0 Å². The number of primary amides is 1. The van der Waals surface area contributed by atoms with E-state index in [4.69, 9.17) is 15.2 Å². The van der Waals surface area contributed by atoms with E-state index < -0.39 is 23.8 Å². The van der Waals surface area contributed by atoms with E-state index in [0.717, 1.165) is 4.90 Å². The van der Waals surface area contributed by atoms with E-state index in [1.165, 1.54) is 18.2 Å². The van der Waals surface area contributed by atoms with Crippen molar-refractivity contribution in [2.75, 3.05) is 18.1 Å². The Hall–Kier alpha value is -3.66. The maximum absolute atomic E-state index is 13.0. The Morgan fingerprint density at radius 3 is 2.48 bits per heavy atom. The van der Waals surface area contributed by atoms with Crippen molar-refractivity contribution in [3.63, 3.8) is 0 Å². The van der Waals surface area contributed by atoms with Crippen LogP contribution in [0.25, 0.3) is 6.08 Å². The third kappa shape index (κ3) is 5.10. The normalized spacial score (nSPS) is 15.1. The van der Waals surface area contributed by atoms with E-state index in [0.29, 0.717) is 22.4 Å². The first-order valence-corrected chi connectivity index (χ1v) is 9.94. The molecule has 1 saturated heterocycles. The molecule has 1 heterocycles. The smallest absolute Gasteiger partial charge is 0.335 e. The fourth-order valence-corrected chi connectivity index (χ4v) is 3.20. The zero-order chi connectivity index (χ0) is 22.5. The second kappa shape index (κ2) is 9.43. The van der Waals surface area contributed by atoms with Crippen LogP contribution in [0, 0.1) is 0 Å². The van der Waals surface area contributed by atoms with Gasteiger partial charge >= 0.3 is 6.03 Å². The highest BCUT2D eigenvalue weighted by molar-refractivity contribution is 9.10. The van der Waals surface area contributed by atoms with E-state index in [-0.39, 0.29) is 23.6 Å². The summed E-state index contributed by atoms with van der Waals surface area (Å²) in [6, 6.07) is 10.3. The molecule has 10 heteroatoms. The minimum Gasteiger partial charge on any atom is -0.494 e. The molecule has 0 aromatic heterocycles. The summed E-state index contributed by atoms with van der Waals surface area (Å²) in [5, 5.41) is 2.15. The lowest BCUT2D eigenvalue weighted by Gasteiger charge is -2.26. The maximum atomic E-state index is 13.0. The molecule has 0 atom stereocenters. The molecule has 3 rings (SSSR count). The van der Waals surface area contributed by atoms with Crippen molar-refractivity contribution in [3.8, 4) is 11.5 Å². The number of benzene rings is 2. The fourth-order valence-electron chi connectivity index (χ4n) is 2.82. The van der Waals surface area contributed by atoms with Gasteiger partial charge in [-0.15, -0.1) is 0 Å². The molecular formula is C21H18BrN3O6. The summed E-state index contributed by atoms with van der Waals surface area (Å²) < 4.78 is 11.4. The standard InChI is InChI=1S/C21H18BrN3O6/c1-2-30-15-6-4-14(5-7-15)25-20(28)16(19(27)24-21(25)29)10-12-9-13(22)3-8-17(12)31-11-18(23)26/h3-10H,2,11H2,1H3,(H2,23,26)(H,24,27,29)/b16-10+. The van der Waals surface area contributed by atoms with Crippen molar-refractivity contribution >= 4 is 51.4 Å². The Labute approximate surface area is 185 Å². The van der Waals surface area contributed by atoms with Crippen molar-refractivity contribution in [2.24, 2.45) is 5.73 Å². The number of rotatable bonds is 7. The number of carbonyl (C=O) groups is 4. The largest absolute Gasteiger partial charge is 0.494 e. The van der Waals surface area contributed by atoms with Crippen LogP contribution in [0.5, 0.6) is 11.5 Å². The number of hydrogen-bond donors (Lipinski definition) is 2. The molecule has 5 amide bonds. The van der Waals surface area contributed by atoms with E-state index in [2.05, 4.69) is 21.2 Å². The number of amides is 5. The molecule has 3 N–H and O–H groups in total. The highest BCUT2D eigenvalue weighted by atomic mass is 79.9. The number of carbonyl (C=O) groups excluding carboxylic acids is 4. The van der Waals surface area contributed by atoms with Gasteiger partial charge in [0.15, 0.2) is 6.61 Å². The van der Waals surface area contributed by atoms with Gasteiger partial charge < -0.3 is 15.2 Å². The highest BCUT2D eigenvalue weighted by Gasteiger charge is 2.37. The summed E-state index contributed by atoms with van der Waals surface area (Å²) in [6.45, 7) is 1.92.